The molecule has 3 aromatic carbocycles. The summed E-state index contributed by atoms with van der Waals surface area (Å²) >= 11 is 0. The fraction of sp³-hybridized carbons (Fsp3) is 0.417. The summed E-state index contributed by atoms with van der Waals surface area (Å²) in [4.78, 5) is 42.9. The van der Waals surface area contributed by atoms with Crippen molar-refractivity contribution in [3.8, 4) is 0 Å². The zero-order valence-corrected chi connectivity index (χ0v) is 26.1. The number of hydrogen-bond donors (Lipinski definition) is 1. The zero-order valence-electron chi connectivity index (χ0n) is 26.1. The van der Waals surface area contributed by atoms with Crippen LogP contribution in [0.5, 0.6) is 0 Å². The predicted molar refractivity (Wildman–Crippen MR) is 167 cm³/mol. The maximum Gasteiger partial charge on any atom is 0.323 e. The Morgan fingerprint density at radius 1 is 0.933 bits per heavy atom. The highest BCUT2D eigenvalue weighted by molar-refractivity contribution is 6.34. The molecular formula is C36H40N2O7. The van der Waals surface area contributed by atoms with E-state index in [2.05, 4.69) is 11.8 Å². The number of likely N-dealkylation sites (tertiary alicyclic amines) is 1. The van der Waals surface area contributed by atoms with Crippen molar-refractivity contribution in [3.63, 3.8) is 0 Å². The van der Waals surface area contributed by atoms with Crippen LogP contribution in [0.15, 0.2) is 72.8 Å². The van der Waals surface area contributed by atoms with E-state index < -0.39 is 11.9 Å². The van der Waals surface area contributed by atoms with Gasteiger partial charge in [0.15, 0.2) is 6.29 Å². The standard InChI is InChI=1S/C36H40N2O7/c1-22-30(20-37-18-8-13-29(37)34(42)45-36(2,3)4)43-35(44-31(22)24-16-14-23(21-39)15-17-24)25-9-7-10-26(19-25)38-32(40)27-11-5-6-12-28(27)33(38)41/h5-7,9-12,14-17,19,22,29-31,35,39H,8,13,18,20-21H2,1-4H3/t22-,29+,30+,31+,35+/m1/s1. The summed E-state index contributed by atoms with van der Waals surface area (Å²) in [6, 6.07) is 21.3. The average Bonchev–Trinajstić information content (AvgIpc) is 3.59. The number of anilines is 1. The van der Waals surface area contributed by atoms with Crippen LogP contribution in [0.3, 0.4) is 0 Å². The highest BCUT2D eigenvalue weighted by atomic mass is 16.7. The molecule has 3 aliphatic rings. The summed E-state index contributed by atoms with van der Waals surface area (Å²) in [6.07, 6.45) is 0.152. The summed E-state index contributed by atoms with van der Waals surface area (Å²) < 4.78 is 19.0. The summed E-state index contributed by atoms with van der Waals surface area (Å²) in [5.41, 5.74) is 3.04. The Kier molecular flexibility index (Phi) is 8.63. The molecular weight excluding hydrogens is 572 g/mol. The minimum atomic E-state index is -0.800. The van der Waals surface area contributed by atoms with Crippen LogP contribution in [0, 0.1) is 5.92 Å². The number of benzene rings is 3. The van der Waals surface area contributed by atoms with Gasteiger partial charge >= 0.3 is 5.97 Å². The SMILES string of the molecule is C[C@@H]1[C@H](CN2CCC[C@H]2C(=O)OC(C)(C)C)O[C@H](c2cccc(N3C(=O)c4ccccc4C3=O)c2)O[C@@H]1c1ccc(CO)cc1. The van der Waals surface area contributed by atoms with Crippen LogP contribution >= 0.6 is 0 Å². The fourth-order valence-electron chi connectivity index (χ4n) is 6.47. The summed E-state index contributed by atoms with van der Waals surface area (Å²) in [5.74, 6) is -1.04. The molecule has 5 atom stereocenters. The van der Waals surface area contributed by atoms with Crippen molar-refractivity contribution in [2.75, 3.05) is 18.0 Å². The first-order chi connectivity index (χ1) is 21.5. The number of ether oxygens (including phenoxy) is 3. The van der Waals surface area contributed by atoms with Crippen LogP contribution in [0.2, 0.25) is 0 Å². The number of aliphatic hydroxyl groups is 1. The lowest BCUT2D eigenvalue weighted by molar-refractivity contribution is -0.276. The minimum absolute atomic E-state index is 0.0542. The highest BCUT2D eigenvalue weighted by Gasteiger charge is 2.43. The number of rotatable bonds is 7. The maximum absolute atomic E-state index is 13.2. The molecule has 2 amide bonds. The first kappa shape index (κ1) is 31.1. The lowest BCUT2D eigenvalue weighted by Gasteiger charge is -2.43. The molecule has 0 radical (unpaired) electrons. The molecule has 0 aromatic heterocycles. The van der Waals surface area contributed by atoms with Gasteiger partial charge in [0.2, 0.25) is 0 Å². The molecule has 0 saturated carbocycles. The Labute approximate surface area is 263 Å². The number of carbonyl (C=O) groups is 3. The van der Waals surface area contributed by atoms with E-state index in [0.717, 1.165) is 30.5 Å². The van der Waals surface area contributed by atoms with Gasteiger partial charge < -0.3 is 19.3 Å². The van der Waals surface area contributed by atoms with Crippen LogP contribution in [-0.2, 0) is 25.6 Å². The van der Waals surface area contributed by atoms with Crippen LogP contribution in [0.4, 0.5) is 5.69 Å². The van der Waals surface area contributed by atoms with E-state index in [9.17, 15) is 19.5 Å². The Hall–Kier alpha value is -3.89. The van der Waals surface area contributed by atoms with Crippen LogP contribution < -0.4 is 4.90 Å². The van der Waals surface area contributed by atoms with Crippen LogP contribution in [-0.4, -0.2) is 58.6 Å². The largest absolute Gasteiger partial charge is 0.459 e. The third-order valence-corrected chi connectivity index (χ3v) is 8.78. The van der Waals surface area contributed by atoms with Gasteiger partial charge in [0.25, 0.3) is 11.8 Å². The summed E-state index contributed by atoms with van der Waals surface area (Å²) in [7, 11) is 0. The van der Waals surface area contributed by atoms with E-state index in [0.29, 0.717) is 28.9 Å². The molecule has 0 aliphatic carbocycles. The number of hydrogen-bond acceptors (Lipinski definition) is 8. The fourth-order valence-corrected chi connectivity index (χ4v) is 6.47. The van der Waals surface area contributed by atoms with Gasteiger partial charge in [-0.2, -0.15) is 0 Å². The number of imide groups is 1. The van der Waals surface area contributed by atoms with E-state index in [-0.39, 0.29) is 48.6 Å². The van der Waals surface area contributed by atoms with Gasteiger partial charge in [0.05, 0.1) is 35.6 Å². The monoisotopic (exact) mass is 612 g/mol. The first-order valence-corrected chi connectivity index (χ1v) is 15.6. The predicted octanol–water partition coefficient (Wildman–Crippen LogP) is 5.58. The van der Waals surface area contributed by atoms with Crippen molar-refractivity contribution < 1.29 is 33.7 Å². The third kappa shape index (κ3) is 6.31. The lowest BCUT2D eigenvalue weighted by Crippen LogP contribution is -2.48. The normalized spacial score (nSPS) is 25.4. The van der Waals surface area contributed by atoms with Crippen molar-refractivity contribution in [3.05, 3.63) is 101 Å². The molecule has 6 rings (SSSR count). The first-order valence-electron chi connectivity index (χ1n) is 15.6. The van der Waals surface area contributed by atoms with Gasteiger partial charge in [-0.1, -0.05) is 55.5 Å². The maximum atomic E-state index is 13.2. The van der Waals surface area contributed by atoms with Crippen LogP contribution in [0.1, 0.15) is 90.3 Å². The Morgan fingerprint density at radius 2 is 1.62 bits per heavy atom. The molecule has 3 heterocycles. The molecule has 3 aliphatic heterocycles. The van der Waals surface area contributed by atoms with Gasteiger partial charge in [-0.3, -0.25) is 19.3 Å². The molecule has 0 bridgehead atoms. The highest BCUT2D eigenvalue weighted by Crippen LogP contribution is 2.43. The van der Waals surface area contributed by atoms with Crippen molar-refractivity contribution in [1.29, 1.82) is 0 Å². The number of aliphatic hydroxyl groups excluding tert-OH is 1. The van der Waals surface area contributed by atoms with Gasteiger partial charge in [-0.05, 0) is 75.5 Å². The van der Waals surface area contributed by atoms with Gasteiger partial charge in [-0.25, -0.2) is 4.90 Å². The third-order valence-electron chi connectivity index (χ3n) is 8.78. The molecule has 45 heavy (non-hydrogen) atoms. The van der Waals surface area contributed by atoms with Crippen molar-refractivity contribution in [2.24, 2.45) is 5.92 Å². The zero-order chi connectivity index (χ0) is 31.9. The minimum Gasteiger partial charge on any atom is -0.459 e. The van der Waals surface area contributed by atoms with Crippen molar-refractivity contribution in [2.45, 2.75) is 77.3 Å². The van der Waals surface area contributed by atoms with E-state index in [1.807, 2.05) is 51.1 Å². The van der Waals surface area contributed by atoms with Gasteiger partial charge in [0.1, 0.15) is 11.6 Å². The number of fused-ring (bicyclic) bond motifs is 1. The van der Waals surface area contributed by atoms with E-state index >= 15 is 0 Å². The van der Waals surface area contributed by atoms with Gasteiger partial charge in [0, 0.05) is 18.0 Å². The smallest absolute Gasteiger partial charge is 0.323 e. The van der Waals surface area contributed by atoms with E-state index in [1.54, 1.807) is 42.5 Å². The molecule has 0 spiro atoms. The molecule has 1 N–H and O–H groups in total. The second-order valence-electron chi connectivity index (χ2n) is 13.1. The number of amides is 2. The molecule has 3 aromatic rings. The second kappa shape index (κ2) is 12.5. The molecule has 9 nitrogen and oxygen atoms in total. The second-order valence-corrected chi connectivity index (χ2v) is 13.1. The van der Waals surface area contributed by atoms with E-state index in [1.165, 1.54) is 4.90 Å². The quantitative estimate of drug-likeness (QED) is 0.273. The molecule has 0 unspecified atom stereocenters. The number of esters is 1. The van der Waals surface area contributed by atoms with E-state index in [4.69, 9.17) is 14.2 Å². The summed E-state index contributed by atoms with van der Waals surface area (Å²) in [5, 5.41) is 9.59. The lowest BCUT2D eigenvalue weighted by atomic mass is 9.90. The Balaban J connectivity index is 1.29. The van der Waals surface area contributed by atoms with Gasteiger partial charge in [-0.15, -0.1) is 0 Å². The van der Waals surface area contributed by atoms with Crippen molar-refractivity contribution >= 4 is 23.5 Å². The number of carbonyl (C=O) groups excluding carboxylic acids is 3. The molecule has 2 fully saturated rings. The number of nitrogens with zero attached hydrogens (tertiary/aromatic N) is 2. The van der Waals surface area contributed by atoms with Crippen LogP contribution in [0.25, 0.3) is 0 Å². The molecule has 236 valence electrons. The Bertz CT molecular complexity index is 1550. The summed E-state index contributed by atoms with van der Waals surface area (Å²) in [6.45, 7) is 8.92. The van der Waals surface area contributed by atoms with Crippen molar-refractivity contribution in [1.82, 2.24) is 4.90 Å². The molecule has 2 saturated heterocycles. The molecule has 9 heteroatoms. The average molecular weight is 613 g/mol. The Morgan fingerprint density at radius 3 is 2.27 bits per heavy atom. The topological polar surface area (TPSA) is 106 Å².